The van der Waals surface area contributed by atoms with E-state index < -0.39 is 28.5 Å². The highest BCUT2D eigenvalue weighted by Crippen LogP contribution is 2.33. The quantitative estimate of drug-likeness (QED) is 0.339. The highest BCUT2D eigenvalue weighted by molar-refractivity contribution is 7.92. The van der Waals surface area contributed by atoms with Crippen molar-refractivity contribution in [3.8, 4) is 5.75 Å². The second-order valence-corrected chi connectivity index (χ2v) is 12.0. The molecule has 0 unspecified atom stereocenters. The van der Waals surface area contributed by atoms with Crippen LogP contribution in [0.15, 0.2) is 77.7 Å². The molecule has 0 aliphatic heterocycles. The highest BCUT2D eigenvalue weighted by Gasteiger charge is 2.34. The molecule has 0 aliphatic rings. The largest absolute Gasteiger partial charge is 0.495 e. The lowest BCUT2D eigenvalue weighted by atomic mass is 10.1. The Kier molecular flexibility index (Phi) is 10.3. The Morgan fingerprint density at radius 2 is 1.55 bits per heavy atom. The first-order chi connectivity index (χ1) is 19.0. The standard InChI is InChI=1S/C31H39N3O5S/c1-7-27(31(36)32-22(2)3)33(20-25-16-13-23(4)14-17-25)30(35)21-34(28-19-24(5)15-18-29(28)39-6)40(37,38)26-11-9-8-10-12-26/h8-19,22,27H,7,20-21H2,1-6H3,(H,32,36)/t27-/m0/s1. The van der Waals surface area contributed by atoms with Crippen LogP contribution in [-0.4, -0.2) is 50.9 Å². The maximum Gasteiger partial charge on any atom is 0.264 e. The molecule has 40 heavy (non-hydrogen) atoms. The van der Waals surface area contributed by atoms with Gasteiger partial charge in [0.05, 0.1) is 17.7 Å². The molecule has 3 aromatic carbocycles. The molecule has 8 nitrogen and oxygen atoms in total. The summed E-state index contributed by atoms with van der Waals surface area (Å²) in [6, 6.07) is 19.9. The number of hydrogen-bond donors (Lipinski definition) is 1. The molecular weight excluding hydrogens is 526 g/mol. The van der Waals surface area contributed by atoms with Crippen molar-refractivity contribution >= 4 is 27.5 Å². The highest BCUT2D eigenvalue weighted by atomic mass is 32.2. The van der Waals surface area contributed by atoms with Gasteiger partial charge in [0.2, 0.25) is 11.8 Å². The number of nitrogens with zero attached hydrogens (tertiary/aromatic N) is 2. The number of rotatable bonds is 12. The van der Waals surface area contributed by atoms with Crippen LogP contribution in [0.25, 0.3) is 0 Å². The SMILES string of the molecule is CC[C@@H](C(=O)NC(C)C)N(Cc1ccc(C)cc1)C(=O)CN(c1cc(C)ccc1OC)S(=O)(=O)c1ccccc1. The summed E-state index contributed by atoms with van der Waals surface area (Å²) in [4.78, 5) is 28.9. The van der Waals surface area contributed by atoms with Crippen LogP contribution in [0.2, 0.25) is 0 Å². The van der Waals surface area contributed by atoms with Gasteiger partial charge in [0.15, 0.2) is 0 Å². The Balaban J connectivity index is 2.12. The minimum atomic E-state index is -4.18. The molecule has 214 valence electrons. The van der Waals surface area contributed by atoms with Crippen LogP contribution in [0.1, 0.15) is 43.9 Å². The van der Waals surface area contributed by atoms with E-state index in [9.17, 15) is 18.0 Å². The maximum absolute atomic E-state index is 14.2. The van der Waals surface area contributed by atoms with Crippen molar-refractivity contribution in [2.45, 2.75) is 64.6 Å². The molecule has 1 atom stereocenters. The summed E-state index contributed by atoms with van der Waals surface area (Å²) in [5.41, 5.74) is 2.95. The summed E-state index contributed by atoms with van der Waals surface area (Å²) in [6.07, 6.45) is 0.357. The van der Waals surface area contributed by atoms with E-state index in [0.717, 1.165) is 21.0 Å². The molecule has 0 heterocycles. The van der Waals surface area contributed by atoms with Crippen molar-refractivity contribution in [1.29, 1.82) is 0 Å². The smallest absolute Gasteiger partial charge is 0.264 e. The Bertz CT molecular complexity index is 1410. The monoisotopic (exact) mass is 565 g/mol. The van der Waals surface area contributed by atoms with E-state index in [4.69, 9.17) is 4.74 Å². The summed E-state index contributed by atoms with van der Waals surface area (Å²) >= 11 is 0. The van der Waals surface area contributed by atoms with Crippen LogP contribution in [0.5, 0.6) is 5.75 Å². The van der Waals surface area contributed by atoms with E-state index in [2.05, 4.69) is 5.32 Å². The van der Waals surface area contributed by atoms with Crippen molar-refractivity contribution in [2.24, 2.45) is 0 Å². The number of sulfonamides is 1. The van der Waals surface area contributed by atoms with Gasteiger partial charge in [-0.2, -0.15) is 0 Å². The van der Waals surface area contributed by atoms with E-state index >= 15 is 0 Å². The maximum atomic E-state index is 14.2. The number of anilines is 1. The predicted octanol–water partition coefficient (Wildman–Crippen LogP) is 4.84. The van der Waals surface area contributed by atoms with Gasteiger partial charge in [-0.15, -0.1) is 0 Å². The summed E-state index contributed by atoms with van der Waals surface area (Å²) < 4.78 is 34.6. The van der Waals surface area contributed by atoms with Gasteiger partial charge in [0.1, 0.15) is 18.3 Å². The molecular formula is C31H39N3O5S. The van der Waals surface area contributed by atoms with Crippen molar-refractivity contribution in [3.63, 3.8) is 0 Å². The first-order valence-corrected chi connectivity index (χ1v) is 14.8. The average Bonchev–Trinajstić information content (AvgIpc) is 2.92. The zero-order valence-corrected chi connectivity index (χ0v) is 24.9. The van der Waals surface area contributed by atoms with Gasteiger partial charge < -0.3 is 15.0 Å². The number of aryl methyl sites for hydroxylation is 2. The molecule has 9 heteroatoms. The van der Waals surface area contributed by atoms with Crippen LogP contribution in [0.4, 0.5) is 5.69 Å². The molecule has 3 aromatic rings. The normalized spacial score (nSPS) is 12.1. The van der Waals surface area contributed by atoms with Gasteiger partial charge in [0, 0.05) is 12.6 Å². The van der Waals surface area contributed by atoms with Crippen molar-refractivity contribution in [3.05, 3.63) is 89.5 Å². The lowest BCUT2D eigenvalue weighted by Crippen LogP contribution is -2.53. The second-order valence-electron chi connectivity index (χ2n) is 10.1. The minimum Gasteiger partial charge on any atom is -0.495 e. The fraction of sp³-hybridized carbons (Fsp3) is 0.355. The summed E-state index contributed by atoms with van der Waals surface area (Å²) in [6.45, 7) is 8.98. The van der Waals surface area contributed by atoms with Gasteiger partial charge in [-0.25, -0.2) is 8.42 Å². The Morgan fingerprint density at radius 1 is 0.925 bits per heavy atom. The zero-order valence-electron chi connectivity index (χ0n) is 24.0. The number of hydrogen-bond acceptors (Lipinski definition) is 5. The molecule has 0 saturated carbocycles. The Morgan fingerprint density at radius 3 is 2.12 bits per heavy atom. The third-order valence-corrected chi connectivity index (χ3v) is 8.28. The van der Waals surface area contributed by atoms with E-state index in [1.165, 1.54) is 24.1 Å². The van der Waals surface area contributed by atoms with Crippen LogP contribution < -0.4 is 14.4 Å². The van der Waals surface area contributed by atoms with E-state index in [1.54, 1.807) is 30.3 Å². The molecule has 1 N–H and O–H groups in total. The Labute approximate surface area is 238 Å². The van der Waals surface area contributed by atoms with E-state index in [-0.39, 0.29) is 29.1 Å². The number of nitrogens with one attached hydrogen (secondary N) is 1. The molecule has 0 aromatic heterocycles. The van der Waals surface area contributed by atoms with Gasteiger partial charge in [-0.3, -0.25) is 13.9 Å². The summed E-state index contributed by atoms with van der Waals surface area (Å²) in [7, 11) is -2.72. The lowest BCUT2D eigenvalue weighted by molar-refractivity contribution is -0.140. The molecule has 0 fully saturated rings. The number of ether oxygens (including phenoxy) is 1. The first-order valence-electron chi connectivity index (χ1n) is 13.4. The molecule has 0 spiro atoms. The van der Waals surface area contributed by atoms with Gasteiger partial charge in [-0.1, -0.05) is 61.0 Å². The van der Waals surface area contributed by atoms with Crippen molar-refractivity contribution < 1.29 is 22.7 Å². The Hall–Kier alpha value is -3.85. The molecule has 2 amide bonds. The number of methoxy groups -OCH3 is 1. The van der Waals surface area contributed by atoms with Crippen LogP contribution in [0.3, 0.4) is 0 Å². The number of carbonyl (C=O) groups is 2. The lowest BCUT2D eigenvalue weighted by Gasteiger charge is -2.34. The number of carbonyl (C=O) groups excluding carboxylic acids is 2. The molecule has 3 rings (SSSR count). The molecule has 0 bridgehead atoms. The fourth-order valence-electron chi connectivity index (χ4n) is 4.42. The average molecular weight is 566 g/mol. The van der Waals surface area contributed by atoms with E-state index in [1.807, 2.05) is 65.0 Å². The van der Waals surface area contributed by atoms with Crippen LogP contribution in [-0.2, 0) is 26.2 Å². The predicted molar refractivity (Wildman–Crippen MR) is 158 cm³/mol. The van der Waals surface area contributed by atoms with Crippen LogP contribution in [0, 0.1) is 13.8 Å². The van der Waals surface area contributed by atoms with Crippen LogP contribution >= 0.6 is 0 Å². The number of benzene rings is 3. The summed E-state index contributed by atoms with van der Waals surface area (Å²) in [5, 5.41) is 2.91. The number of amides is 2. The third-order valence-electron chi connectivity index (χ3n) is 6.50. The van der Waals surface area contributed by atoms with Gasteiger partial charge >= 0.3 is 0 Å². The molecule has 0 aliphatic carbocycles. The molecule has 0 radical (unpaired) electrons. The second kappa shape index (κ2) is 13.5. The summed E-state index contributed by atoms with van der Waals surface area (Å²) in [5.74, 6) is -0.481. The first kappa shape index (κ1) is 30.7. The van der Waals surface area contributed by atoms with Crippen molar-refractivity contribution in [1.82, 2.24) is 10.2 Å². The van der Waals surface area contributed by atoms with Gasteiger partial charge in [-0.05, 0) is 69.5 Å². The zero-order chi connectivity index (χ0) is 29.4. The third kappa shape index (κ3) is 7.41. The van der Waals surface area contributed by atoms with E-state index in [0.29, 0.717) is 12.2 Å². The molecule has 0 saturated heterocycles. The topological polar surface area (TPSA) is 96.0 Å². The van der Waals surface area contributed by atoms with Gasteiger partial charge in [0.25, 0.3) is 10.0 Å². The van der Waals surface area contributed by atoms with Crippen molar-refractivity contribution in [2.75, 3.05) is 18.0 Å². The fourth-order valence-corrected chi connectivity index (χ4v) is 5.86. The minimum absolute atomic E-state index is 0.0426.